The van der Waals surface area contributed by atoms with E-state index in [9.17, 15) is 4.79 Å². The maximum absolute atomic E-state index is 12.4. The predicted molar refractivity (Wildman–Crippen MR) is 98.4 cm³/mol. The van der Waals surface area contributed by atoms with Gasteiger partial charge < -0.3 is 5.32 Å². The number of thioether (sulfide) groups is 1. The number of rotatable bonds is 4. The van der Waals surface area contributed by atoms with Crippen LogP contribution in [0.1, 0.15) is 6.92 Å². The SMILES string of the molecule is CC(Sc1nnc2ccccn12)C(=O)Nc1c(Cl)cc(Cl)cc1Cl. The van der Waals surface area contributed by atoms with Crippen LogP contribution in [0.25, 0.3) is 5.65 Å². The Morgan fingerprint density at radius 3 is 2.62 bits per heavy atom. The van der Waals surface area contributed by atoms with Crippen molar-refractivity contribution in [2.45, 2.75) is 17.3 Å². The highest BCUT2D eigenvalue weighted by molar-refractivity contribution is 8.00. The van der Waals surface area contributed by atoms with E-state index >= 15 is 0 Å². The monoisotopic (exact) mass is 400 g/mol. The summed E-state index contributed by atoms with van der Waals surface area (Å²) in [6, 6.07) is 8.63. The van der Waals surface area contributed by atoms with E-state index in [4.69, 9.17) is 34.8 Å². The average molecular weight is 402 g/mol. The highest BCUT2D eigenvalue weighted by Crippen LogP contribution is 2.34. The highest BCUT2D eigenvalue weighted by Gasteiger charge is 2.20. The lowest BCUT2D eigenvalue weighted by Crippen LogP contribution is -2.23. The summed E-state index contributed by atoms with van der Waals surface area (Å²) in [6.07, 6.45) is 1.84. The molecule has 0 spiro atoms. The molecular formula is C15H11Cl3N4OS. The summed E-state index contributed by atoms with van der Waals surface area (Å²) in [7, 11) is 0. The number of carbonyl (C=O) groups is 1. The quantitative estimate of drug-likeness (QED) is 0.637. The smallest absolute Gasteiger partial charge is 0.237 e. The first-order chi connectivity index (χ1) is 11.5. The van der Waals surface area contributed by atoms with Crippen molar-refractivity contribution in [1.29, 1.82) is 0 Å². The zero-order valence-electron chi connectivity index (χ0n) is 12.3. The van der Waals surface area contributed by atoms with Gasteiger partial charge in [-0.3, -0.25) is 9.20 Å². The summed E-state index contributed by atoms with van der Waals surface area (Å²) >= 11 is 19.3. The van der Waals surface area contributed by atoms with Gasteiger partial charge in [0.05, 0.1) is 21.0 Å². The minimum Gasteiger partial charge on any atom is -0.323 e. The molecule has 0 radical (unpaired) electrons. The average Bonchev–Trinajstić information content (AvgIpc) is 2.94. The molecule has 1 unspecified atom stereocenters. The first-order valence-corrected chi connectivity index (χ1v) is 8.89. The molecule has 2 heterocycles. The van der Waals surface area contributed by atoms with Crippen molar-refractivity contribution < 1.29 is 4.79 Å². The molecule has 0 aliphatic carbocycles. The predicted octanol–water partition coefficient (Wildman–Crippen LogP) is 4.81. The molecular weight excluding hydrogens is 391 g/mol. The van der Waals surface area contributed by atoms with Crippen LogP contribution in [0.15, 0.2) is 41.7 Å². The van der Waals surface area contributed by atoms with Crippen molar-refractivity contribution in [1.82, 2.24) is 14.6 Å². The number of amides is 1. The van der Waals surface area contributed by atoms with Crippen LogP contribution in [0.3, 0.4) is 0 Å². The zero-order chi connectivity index (χ0) is 17.3. The summed E-state index contributed by atoms with van der Waals surface area (Å²) in [6.45, 7) is 1.77. The summed E-state index contributed by atoms with van der Waals surface area (Å²) in [5.74, 6) is -0.251. The van der Waals surface area contributed by atoms with Crippen LogP contribution in [0.2, 0.25) is 15.1 Å². The van der Waals surface area contributed by atoms with E-state index in [0.29, 0.717) is 15.9 Å². The van der Waals surface area contributed by atoms with Crippen molar-refractivity contribution in [2.75, 3.05) is 5.32 Å². The maximum Gasteiger partial charge on any atom is 0.237 e. The molecule has 24 heavy (non-hydrogen) atoms. The molecule has 124 valence electrons. The largest absolute Gasteiger partial charge is 0.323 e. The molecule has 0 fully saturated rings. The number of nitrogens with zero attached hydrogens (tertiary/aromatic N) is 3. The molecule has 9 heteroatoms. The normalized spacial score (nSPS) is 12.3. The van der Waals surface area contributed by atoms with Gasteiger partial charge in [-0.25, -0.2) is 0 Å². The van der Waals surface area contributed by atoms with Crippen LogP contribution in [0.5, 0.6) is 0 Å². The number of benzene rings is 1. The van der Waals surface area contributed by atoms with Crippen LogP contribution < -0.4 is 5.32 Å². The van der Waals surface area contributed by atoms with Gasteiger partial charge in [0.15, 0.2) is 10.8 Å². The van der Waals surface area contributed by atoms with Gasteiger partial charge in [-0.05, 0) is 31.2 Å². The lowest BCUT2D eigenvalue weighted by Gasteiger charge is -2.13. The fraction of sp³-hybridized carbons (Fsp3) is 0.133. The summed E-state index contributed by atoms with van der Waals surface area (Å²) in [4.78, 5) is 12.4. The molecule has 1 N–H and O–H groups in total. The Bertz CT molecular complexity index is 892. The standard InChI is InChI=1S/C15H11Cl3N4OS/c1-8(24-15-21-20-12-4-2-3-5-22(12)15)14(23)19-13-10(17)6-9(16)7-11(13)18/h2-8H,1H3,(H,19,23). The lowest BCUT2D eigenvalue weighted by atomic mass is 10.3. The molecule has 1 atom stereocenters. The number of fused-ring (bicyclic) bond motifs is 1. The second-order valence-corrected chi connectivity index (χ2v) is 7.46. The van der Waals surface area contributed by atoms with E-state index in [1.807, 2.05) is 28.8 Å². The number of pyridine rings is 1. The Labute approximate surface area is 157 Å². The first-order valence-electron chi connectivity index (χ1n) is 6.87. The maximum atomic E-state index is 12.4. The molecule has 0 saturated heterocycles. The van der Waals surface area contributed by atoms with Crippen molar-refractivity contribution in [3.63, 3.8) is 0 Å². The second kappa shape index (κ2) is 7.19. The number of carbonyl (C=O) groups excluding carboxylic acids is 1. The molecule has 0 aliphatic heterocycles. The Morgan fingerprint density at radius 2 is 1.92 bits per heavy atom. The fourth-order valence-corrected chi connectivity index (χ4v) is 3.75. The third-order valence-corrected chi connectivity index (χ3v) is 5.06. The van der Waals surface area contributed by atoms with E-state index in [1.165, 1.54) is 23.9 Å². The van der Waals surface area contributed by atoms with Crippen LogP contribution in [-0.4, -0.2) is 25.8 Å². The van der Waals surface area contributed by atoms with Gasteiger partial charge in [0.25, 0.3) is 0 Å². The number of nitrogens with one attached hydrogen (secondary N) is 1. The Kier molecular flexibility index (Phi) is 5.20. The van der Waals surface area contributed by atoms with Gasteiger partial charge in [0.2, 0.25) is 5.91 Å². The van der Waals surface area contributed by atoms with Crippen LogP contribution >= 0.6 is 46.6 Å². The van der Waals surface area contributed by atoms with E-state index < -0.39 is 5.25 Å². The van der Waals surface area contributed by atoms with Gasteiger partial charge in [0.1, 0.15) is 0 Å². The van der Waals surface area contributed by atoms with E-state index in [0.717, 1.165) is 5.65 Å². The molecule has 5 nitrogen and oxygen atoms in total. The number of hydrogen-bond acceptors (Lipinski definition) is 4. The molecule has 3 aromatic rings. The minimum atomic E-state index is -0.430. The van der Waals surface area contributed by atoms with Gasteiger partial charge in [-0.1, -0.05) is 52.6 Å². The van der Waals surface area contributed by atoms with Crippen molar-refractivity contribution >= 4 is 63.8 Å². The highest BCUT2D eigenvalue weighted by atomic mass is 35.5. The number of hydrogen-bond donors (Lipinski definition) is 1. The molecule has 1 aromatic carbocycles. The number of anilines is 1. The molecule has 0 saturated carbocycles. The van der Waals surface area contributed by atoms with E-state index in [2.05, 4.69) is 15.5 Å². The topological polar surface area (TPSA) is 59.3 Å². The Balaban J connectivity index is 1.76. The second-order valence-electron chi connectivity index (χ2n) is 4.91. The minimum absolute atomic E-state index is 0.251. The third-order valence-electron chi connectivity index (χ3n) is 3.19. The summed E-state index contributed by atoms with van der Waals surface area (Å²) in [5.41, 5.74) is 1.06. The van der Waals surface area contributed by atoms with Crippen LogP contribution in [0.4, 0.5) is 5.69 Å². The van der Waals surface area contributed by atoms with Gasteiger partial charge in [0, 0.05) is 11.2 Å². The number of aromatic nitrogens is 3. The Hall–Kier alpha value is -1.47. The summed E-state index contributed by atoms with van der Waals surface area (Å²) < 4.78 is 1.82. The van der Waals surface area contributed by atoms with Crippen molar-refractivity contribution in [3.05, 3.63) is 51.6 Å². The molecule has 0 bridgehead atoms. The fourth-order valence-electron chi connectivity index (χ4n) is 2.00. The van der Waals surface area contributed by atoms with Gasteiger partial charge in [-0.2, -0.15) is 0 Å². The zero-order valence-corrected chi connectivity index (χ0v) is 15.4. The van der Waals surface area contributed by atoms with Crippen molar-refractivity contribution in [2.24, 2.45) is 0 Å². The lowest BCUT2D eigenvalue weighted by molar-refractivity contribution is -0.115. The van der Waals surface area contributed by atoms with Crippen LogP contribution in [-0.2, 0) is 4.79 Å². The van der Waals surface area contributed by atoms with Gasteiger partial charge >= 0.3 is 0 Å². The molecule has 3 rings (SSSR count). The van der Waals surface area contributed by atoms with E-state index in [-0.39, 0.29) is 16.0 Å². The molecule has 1 amide bonds. The Morgan fingerprint density at radius 1 is 1.21 bits per heavy atom. The summed E-state index contributed by atoms with van der Waals surface area (Å²) in [5, 5.41) is 12.0. The third kappa shape index (κ3) is 3.62. The molecule has 0 aliphatic rings. The van der Waals surface area contributed by atoms with Gasteiger partial charge in [-0.15, -0.1) is 10.2 Å². The number of halogens is 3. The van der Waals surface area contributed by atoms with Crippen molar-refractivity contribution in [3.8, 4) is 0 Å². The molecule has 2 aromatic heterocycles. The first kappa shape index (κ1) is 17.4. The van der Waals surface area contributed by atoms with E-state index in [1.54, 1.807) is 6.92 Å². The van der Waals surface area contributed by atoms with Crippen LogP contribution in [0, 0.1) is 0 Å².